The fraction of sp³-hybridized carbons (Fsp3) is 0.389. The summed E-state index contributed by atoms with van der Waals surface area (Å²) in [6, 6.07) is 7.52. The Kier molecular flexibility index (Phi) is 5.11. The fourth-order valence-corrected chi connectivity index (χ4v) is 3.16. The van der Waals surface area contributed by atoms with Gasteiger partial charge in [0.05, 0.1) is 5.69 Å². The number of hydrogen-bond donors (Lipinski definition) is 1. The second-order valence-corrected chi connectivity index (χ2v) is 6.31. The van der Waals surface area contributed by atoms with E-state index < -0.39 is 5.97 Å². The quantitative estimate of drug-likeness (QED) is 0.924. The van der Waals surface area contributed by atoms with Crippen LogP contribution in [0.15, 0.2) is 36.5 Å². The molecule has 2 heterocycles. The fourth-order valence-electron chi connectivity index (χ4n) is 3.16. The molecular formula is C18H20FN3O3. The Hall–Kier alpha value is -2.70. The zero-order chi connectivity index (χ0) is 17.8. The Balaban J connectivity index is 1.67. The molecule has 7 heteroatoms. The Morgan fingerprint density at radius 3 is 2.64 bits per heavy atom. The first-order valence-corrected chi connectivity index (χ1v) is 8.35. The molecule has 1 saturated heterocycles. The van der Waals surface area contributed by atoms with Gasteiger partial charge in [0.1, 0.15) is 5.82 Å². The van der Waals surface area contributed by atoms with E-state index in [1.807, 2.05) is 0 Å². The molecule has 25 heavy (non-hydrogen) atoms. The third-order valence-electron chi connectivity index (χ3n) is 4.50. The van der Waals surface area contributed by atoms with Crippen LogP contribution < -0.4 is 0 Å². The molecule has 1 aliphatic rings. The van der Waals surface area contributed by atoms with Gasteiger partial charge >= 0.3 is 5.97 Å². The summed E-state index contributed by atoms with van der Waals surface area (Å²) in [5, 5.41) is 13.2. The number of nitrogens with zero attached hydrogens (tertiary/aromatic N) is 3. The molecule has 0 saturated carbocycles. The number of carboxylic acid groups (broad SMARTS) is 1. The van der Waals surface area contributed by atoms with Crippen LogP contribution in [0.25, 0.3) is 5.69 Å². The zero-order valence-corrected chi connectivity index (χ0v) is 13.8. The van der Waals surface area contributed by atoms with Gasteiger partial charge < -0.3 is 10.0 Å². The van der Waals surface area contributed by atoms with E-state index in [2.05, 4.69) is 5.10 Å². The SMILES string of the molecule is O=C(O)CC1CCCN(C(=O)c2ccn(-c3ccc(F)cc3)n2)CC1. The number of carbonyl (C=O) groups excluding carboxylic acids is 1. The van der Waals surface area contributed by atoms with E-state index in [-0.39, 0.29) is 24.1 Å². The number of halogens is 1. The van der Waals surface area contributed by atoms with E-state index in [1.54, 1.807) is 29.3 Å². The molecule has 1 atom stereocenters. The number of aromatic nitrogens is 2. The van der Waals surface area contributed by atoms with Crippen LogP contribution in [0.2, 0.25) is 0 Å². The lowest BCUT2D eigenvalue weighted by molar-refractivity contribution is -0.138. The van der Waals surface area contributed by atoms with E-state index in [0.29, 0.717) is 30.9 Å². The van der Waals surface area contributed by atoms with E-state index >= 15 is 0 Å². The number of aliphatic carboxylic acids is 1. The van der Waals surface area contributed by atoms with Crippen LogP contribution >= 0.6 is 0 Å². The summed E-state index contributed by atoms with van der Waals surface area (Å²) >= 11 is 0. The highest BCUT2D eigenvalue weighted by molar-refractivity contribution is 5.92. The smallest absolute Gasteiger partial charge is 0.303 e. The minimum atomic E-state index is -0.789. The molecule has 0 bridgehead atoms. The maximum absolute atomic E-state index is 13.0. The Morgan fingerprint density at radius 1 is 1.16 bits per heavy atom. The molecule has 1 unspecified atom stereocenters. The van der Waals surface area contributed by atoms with Crippen LogP contribution in [0.3, 0.4) is 0 Å². The summed E-state index contributed by atoms with van der Waals surface area (Å²) in [5.74, 6) is -1.15. The molecule has 6 nitrogen and oxygen atoms in total. The van der Waals surface area contributed by atoms with Crippen molar-refractivity contribution in [1.82, 2.24) is 14.7 Å². The topological polar surface area (TPSA) is 75.4 Å². The molecule has 0 radical (unpaired) electrons. The summed E-state index contributed by atoms with van der Waals surface area (Å²) in [5.41, 5.74) is 1.01. The molecule has 3 rings (SSSR count). The minimum Gasteiger partial charge on any atom is -0.481 e. The molecule has 0 spiro atoms. The predicted octanol–water partition coefficient (Wildman–Crippen LogP) is 2.73. The van der Waals surface area contributed by atoms with Gasteiger partial charge in [-0.1, -0.05) is 0 Å². The zero-order valence-electron chi connectivity index (χ0n) is 13.8. The van der Waals surface area contributed by atoms with E-state index in [4.69, 9.17) is 5.11 Å². The summed E-state index contributed by atoms with van der Waals surface area (Å²) in [6.07, 6.45) is 4.13. The van der Waals surface area contributed by atoms with Crippen LogP contribution in [-0.4, -0.2) is 44.8 Å². The van der Waals surface area contributed by atoms with Gasteiger partial charge in [0, 0.05) is 25.7 Å². The number of amides is 1. The van der Waals surface area contributed by atoms with E-state index in [1.165, 1.54) is 16.8 Å². The van der Waals surface area contributed by atoms with Crippen molar-refractivity contribution in [3.05, 3.63) is 48.0 Å². The predicted molar refractivity (Wildman–Crippen MR) is 89.0 cm³/mol. The normalized spacial score (nSPS) is 18.0. The maximum Gasteiger partial charge on any atom is 0.303 e. The number of carboxylic acids is 1. The van der Waals surface area contributed by atoms with Gasteiger partial charge in [-0.05, 0) is 55.5 Å². The third-order valence-corrected chi connectivity index (χ3v) is 4.50. The lowest BCUT2D eigenvalue weighted by atomic mass is 9.97. The summed E-state index contributed by atoms with van der Waals surface area (Å²) in [7, 11) is 0. The monoisotopic (exact) mass is 345 g/mol. The molecule has 1 aromatic heterocycles. The van der Waals surface area contributed by atoms with Gasteiger partial charge in [0.2, 0.25) is 0 Å². The first-order chi connectivity index (χ1) is 12.0. The molecule has 2 aromatic rings. The molecule has 1 fully saturated rings. The molecular weight excluding hydrogens is 325 g/mol. The number of rotatable bonds is 4. The van der Waals surface area contributed by atoms with Gasteiger partial charge in [0.15, 0.2) is 5.69 Å². The van der Waals surface area contributed by atoms with Crippen LogP contribution in [0, 0.1) is 11.7 Å². The second-order valence-electron chi connectivity index (χ2n) is 6.31. The molecule has 1 aliphatic heterocycles. The Bertz CT molecular complexity index is 757. The van der Waals surface area contributed by atoms with Crippen molar-refractivity contribution >= 4 is 11.9 Å². The lowest BCUT2D eigenvalue weighted by Gasteiger charge is -2.19. The average Bonchev–Trinajstić information content (AvgIpc) is 2.96. The standard InChI is InChI=1S/C18H20FN3O3/c19-14-3-5-15(6-4-14)22-11-8-16(20-22)18(25)21-9-1-2-13(7-10-21)12-17(23)24/h3-6,8,11,13H,1-2,7,9-10,12H2,(H,23,24). The van der Waals surface area contributed by atoms with Gasteiger partial charge in [-0.3, -0.25) is 9.59 Å². The van der Waals surface area contributed by atoms with Crippen molar-refractivity contribution in [1.29, 1.82) is 0 Å². The summed E-state index contributed by atoms with van der Waals surface area (Å²) in [6.45, 7) is 1.15. The summed E-state index contributed by atoms with van der Waals surface area (Å²) in [4.78, 5) is 25.2. The number of likely N-dealkylation sites (tertiary alicyclic amines) is 1. The third kappa shape index (κ3) is 4.23. The van der Waals surface area contributed by atoms with Crippen LogP contribution in [0.5, 0.6) is 0 Å². The molecule has 132 valence electrons. The second kappa shape index (κ2) is 7.46. The Labute approximate surface area is 144 Å². The van der Waals surface area contributed by atoms with Crippen LogP contribution in [-0.2, 0) is 4.79 Å². The first-order valence-electron chi connectivity index (χ1n) is 8.35. The van der Waals surface area contributed by atoms with Gasteiger partial charge in [-0.15, -0.1) is 0 Å². The highest BCUT2D eigenvalue weighted by Crippen LogP contribution is 2.21. The first kappa shape index (κ1) is 17.1. The van der Waals surface area contributed by atoms with Crippen molar-refractivity contribution in [3.63, 3.8) is 0 Å². The lowest BCUT2D eigenvalue weighted by Crippen LogP contribution is -2.32. The van der Waals surface area contributed by atoms with Crippen molar-refractivity contribution in [3.8, 4) is 5.69 Å². The number of carbonyl (C=O) groups is 2. The van der Waals surface area contributed by atoms with Crippen LogP contribution in [0.1, 0.15) is 36.2 Å². The van der Waals surface area contributed by atoms with Crippen molar-refractivity contribution in [2.24, 2.45) is 5.92 Å². The number of hydrogen-bond acceptors (Lipinski definition) is 3. The molecule has 0 aliphatic carbocycles. The van der Waals surface area contributed by atoms with Gasteiger partial charge in [-0.25, -0.2) is 9.07 Å². The average molecular weight is 345 g/mol. The van der Waals surface area contributed by atoms with Crippen molar-refractivity contribution in [2.45, 2.75) is 25.7 Å². The molecule has 1 N–H and O–H groups in total. The minimum absolute atomic E-state index is 0.118. The van der Waals surface area contributed by atoms with Crippen LogP contribution in [0.4, 0.5) is 4.39 Å². The van der Waals surface area contributed by atoms with E-state index in [0.717, 1.165) is 12.8 Å². The largest absolute Gasteiger partial charge is 0.481 e. The van der Waals surface area contributed by atoms with E-state index in [9.17, 15) is 14.0 Å². The Morgan fingerprint density at radius 2 is 1.92 bits per heavy atom. The van der Waals surface area contributed by atoms with Gasteiger partial charge in [0.25, 0.3) is 5.91 Å². The molecule has 1 amide bonds. The summed E-state index contributed by atoms with van der Waals surface area (Å²) < 4.78 is 14.5. The highest BCUT2D eigenvalue weighted by Gasteiger charge is 2.24. The van der Waals surface area contributed by atoms with Crippen molar-refractivity contribution in [2.75, 3.05) is 13.1 Å². The highest BCUT2D eigenvalue weighted by atomic mass is 19.1. The maximum atomic E-state index is 13.0. The van der Waals surface area contributed by atoms with Gasteiger partial charge in [-0.2, -0.15) is 5.10 Å². The van der Waals surface area contributed by atoms with Crippen molar-refractivity contribution < 1.29 is 19.1 Å². The number of benzene rings is 1. The molecule has 1 aromatic carbocycles.